The van der Waals surface area contributed by atoms with Crippen molar-refractivity contribution in [2.45, 2.75) is 13.3 Å². The summed E-state index contributed by atoms with van der Waals surface area (Å²) in [6.45, 7) is 1.96. The van der Waals surface area contributed by atoms with E-state index in [-0.39, 0.29) is 12.5 Å². The van der Waals surface area contributed by atoms with Gasteiger partial charge in [-0.05, 0) is 42.3 Å². The molecule has 24 heavy (non-hydrogen) atoms. The van der Waals surface area contributed by atoms with E-state index in [1.165, 1.54) is 11.9 Å². The third kappa shape index (κ3) is 3.89. The summed E-state index contributed by atoms with van der Waals surface area (Å²) < 4.78 is 6.48. The first-order valence-electron chi connectivity index (χ1n) is 7.57. The van der Waals surface area contributed by atoms with Crippen LogP contribution in [0.2, 0.25) is 0 Å². The Labute approximate surface area is 148 Å². The van der Waals surface area contributed by atoms with Crippen molar-refractivity contribution in [3.05, 3.63) is 58.8 Å². The van der Waals surface area contributed by atoms with Crippen LogP contribution >= 0.6 is 15.9 Å². The topological polar surface area (TPSA) is 64.1 Å². The third-order valence-corrected chi connectivity index (χ3v) is 4.01. The highest BCUT2D eigenvalue weighted by molar-refractivity contribution is 9.10. The number of anilines is 1. The number of benzene rings is 2. The molecule has 0 spiro atoms. The summed E-state index contributed by atoms with van der Waals surface area (Å²) >= 11 is 3.41. The number of carbonyl (C=O) groups excluding carboxylic acids is 1. The van der Waals surface area contributed by atoms with Crippen molar-refractivity contribution in [1.29, 1.82) is 0 Å². The first kappa shape index (κ1) is 16.4. The van der Waals surface area contributed by atoms with Crippen molar-refractivity contribution in [3.8, 4) is 5.88 Å². The molecule has 1 N–H and O–H groups in total. The number of hydrogen-bond acceptors (Lipinski definition) is 4. The van der Waals surface area contributed by atoms with E-state index in [9.17, 15) is 4.79 Å². The van der Waals surface area contributed by atoms with Crippen molar-refractivity contribution in [1.82, 2.24) is 9.97 Å². The summed E-state index contributed by atoms with van der Waals surface area (Å²) in [4.78, 5) is 20.4. The fourth-order valence-corrected chi connectivity index (χ4v) is 2.68. The van der Waals surface area contributed by atoms with Gasteiger partial charge in [0.05, 0.1) is 10.9 Å². The van der Waals surface area contributed by atoms with Crippen LogP contribution in [0.25, 0.3) is 10.9 Å². The number of hydrogen-bond donors (Lipinski definition) is 1. The minimum Gasteiger partial charge on any atom is -0.467 e. The first-order chi connectivity index (χ1) is 11.7. The summed E-state index contributed by atoms with van der Waals surface area (Å²) in [5.74, 6) is 0.156. The summed E-state index contributed by atoms with van der Waals surface area (Å²) in [6, 6.07) is 13.4. The number of fused-ring (bicyclic) bond motifs is 1. The lowest BCUT2D eigenvalue weighted by Gasteiger charge is -2.09. The van der Waals surface area contributed by atoms with Gasteiger partial charge in [-0.1, -0.05) is 35.0 Å². The van der Waals surface area contributed by atoms with Crippen LogP contribution in [0.4, 0.5) is 5.69 Å². The Hall–Kier alpha value is -2.47. The Bertz CT molecular complexity index is 883. The Morgan fingerprint density at radius 3 is 2.92 bits per heavy atom. The monoisotopic (exact) mass is 385 g/mol. The maximum Gasteiger partial charge on any atom is 0.262 e. The molecule has 0 fully saturated rings. The third-order valence-electron chi connectivity index (χ3n) is 3.52. The fourth-order valence-electron chi connectivity index (χ4n) is 2.32. The number of aryl methyl sites for hydroxylation is 1. The Morgan fingerprint density at radius 2 is 2.08 bits per heavy atom. The molecule has 2 aromatic carbocycles. The molecule has 0 bridgehead atoms. The van der Waals surface area contributed by atoms with Gasteiger partial charge in [-0.25, -0.2) is 9.97 Å². The molecule has 0 unspecified atom stereocenters. The Kier molecular flexibility index (Phi) is 5.05. The lowest BCUT2D eigenvalue weighted by Crippen LogP contribution is -2.20. The molecular weight excluding hydrogens is 370 g/mol. The quantitative estimate of drug-likeness (QED) is 0.721. The van der Waals surface area contributed by atoms with Gasteiger partial charge in [0.15, 0.2) is 6.61 Å². The highest BCUT2D eigenvalue weighted by atomic mass is 79.9. The number of aromatic nitrogens is 2. The van der Waals surface area contributed by atoms with Crippen LogP contribution in [0.3, 0.4) is 0 Å². The van der Waals surface area contributed by atoms with E-state index in [4.69, 9.17) is 4.74 Å². The van der Waals surface area contributed by atoms with Crippen molar-refractivity contribution in [2.75, 3.05) is 11.9 Å². The molecule has 0 aliphatic heterocycles. The number of carbonyl (C=O) groups is 1. The zero-order chi connectivity index (χ0) is 16.9. The van der Waals surface area contributed by atoms with Gasteiger partial charge in [0.1, 0.15) is 6.33 Å². The van der Waals surface area contributed by atoms with Gasteiger partial charge in [0, 0.05) is 10.2 Å². The highest BCUT2D eigenvalue weighted by Gasteiger charge is 2.09. The minimum atomic E-state index is -0.231. The molecule has 3 aromatic rings. The molecule has 1 aromatic heterocycles. The Balaban J connectivity index is 1.69. The summed E-state index contributed by atoms with van der Waals surface area (Å²) in [5, 5.41) is 3.59. The minimum absolute atomic E-state index is 0.116. The van der Waals surface area contributed by atoms with Gasteiger partial charge in [0.25, 0.3) is 5.91 Å². The van der Waals surface area contributed by atoms with Crippen LogP contribution in [-0.4, -0.2) is 22.5 Å². The summed E-state index contributed by atoms with van der Waals surface area (Å²) in [7, 11) is 0. The van der Waals surface area contributed by atoms with E-state index in [0.717, 1.165) is 27.5 Å². The van der Waals surface area contributed by atoms with Gasteiger partial charge in [-0.3, -0.25) is 4.79 Å². The molecule has 122 valence electrons. The number of amides is 1. The number of ether oxygens (including phenoxy) is 1. The van der Waals surface area contributed by atoms with Crippen molar-refractivity contribution in [3.63, 3.8) is 0 Å². The molecule has 3 rings (SSSR count). The molecule has 0 radical (unpaired) electrons. The lowest BCUT2D eigenvalue weighted by molar-refractivity contribution is -0.118. The summed E-state index contributed by atoms with van der Waals surface area (Å²) in [5.41, 5.74) is 2.69. The molecule has 0 saturated carbocycles. The number of nitrogens with one attached hydrogen (secondary N) is 1. The zero-order valence-corrected chi connectivity index (χ0v) is 14.7. The van der Waals surface area contributed by atoms with Gasteiger partial charge in [-0.2, -0.15) is 0 Å². The van der Waals surface area contributed by atoms with Crippen LogP contribution in [-0.2, 0) is 11.2 Å². The van der Waals surface area contributed by atoms with Gasteiger partial charge >= 0.3 is 0 Å². The molecule has 5 nitrogen and oxygen atoms in total. The molecule has 1 heterocycles. The SMILES string of the molecule is CCc1cccc(NC(=O)COc2ncnc3ccc(Br)cc23)c1. The van der Waals surface area contributed by atoms with E-state index in [0.29, 0.717) is 5.88 Å². The normalized spacial score (nSPS) is 10.6. The van der Waals surface area contributed by atoms with Crippen molar-refractivity contribution < 1.29 is 9.53 Å². The van der Waals surface area contributed by atoms with Crippen LogP contribution in [0, 0.1) is 0 Å². The van der Waals surface area contributed by atoms with Gasteiger partial charge in [-0.15, -0.1) is 0 Å². The molecule has 6 heteroatoms. The second-order valence-corrected chi connectivity index (χ2v) is 6.15. The van der Waals surface area contributed by atoms with Crippen molar-refractivity contribution >= 4 is 38.4 Å². The van der Waals surface area contributed by atoms with E-state index in [1.54, 1.807) is 0 Å². The van der Waals surface area contributed by atoms with Gasteiger partial charge in [0.2, 0.25) is 5.88 Å². The van der Waals surface area contributed by atoms with Crippen LogP contribution in [0.15, 0.2) is 53.3 Å². The second-order valence-electron chi connectivity index (χ2n) is 5.23. The fraction of sp³-hybridized carbons (Fsp3) is 0.167. The standard InChI is InChI=1S/C18H16BrN3O2/c1-2-12-4-3-5-14(8-12)22-17(23)10-24-18-15-9-13(19)6-7-16(15)20-11-21-18/h3-9,11H,2,10H2,1H3,(H,22,23). The van der Waals surface area contributed by atoms with Crippen LogP contribution < -0.4 is 10.1 Å². The number of rotatable bonds is 5. The van der Waals surface area contributed by atoms with Crippen LogP contribution in [0.5, 0.6) is 5.88 Å². The molecule has 0 atom stereocenters. The molecular formula is C18H16BrN3O2. The van der Waals surface area contributed by atoms with E-state index < -0.39 is 0 Å². The van der Waals surface area contributed by atoms with Crippen molar-refractivity contribution in [2.24, 2.45) is 0 Å². The zero-order valence-electron chi connectivity index (χ0n) is 13.1. The van der Waals surface area contributed by atoms with E-state index in [1.807, 2.05) is 42.5 Å². The Morgan fingerprint density at radius 1 is 1.21 bits per heavy atom. The lowest BCUT2D eigenvalue weighted by atomic mass is 10.1. The molecule has 0 aliphatic carbocycles. The predicted octanol–water partition coefficient (Wildman–Crippen LogP) is 3.97. The maximum atomic E-state index is 12.1. The molecule has 0 saturated heterocycles. The van der Waals surface area contributed by atoms with Gasteiger partial charge < -0.3 is 10.1 Å². The average molecular weight is 386 g/mol. The summed E-state index contributed by atoms with van der Waals surface area (Å²) in [6.07, 6.45) is 2.34. The largest absolute Gasteiger partial charge is 0.467 e. The van der Waals surface area contributed by atoms with E-state index in [2.05, 4.69) is 38.1 Å². The smallest absolute Gasteiger partial charge is 0.262 e. The number of nitrogens with zero attached hydrogens (tertiary/aromatic N) is 2. The van der Waals surface area contributed by atoms with E-state index >= 15 is 0 Å². The second kappa shape index (κ2) is 7.40. The average Bonchev–Trinajstić information content (AvgIpc) is 2.60. The maximum absolute atomic E-state index is 12.1. The van der Waals surface area contributed by atoms with Crippen LogP contribution in [0.1, 0.15) is 12.5 Å². The first-order valence-corrected chi connectivity index (χ1v) is 8.37. The highest BCUT2D eigenvalue weighted by Crippen LogP contribution is 2.24. The molecule has 0 aliphatic rings. The molecule has 1 amide bonds. The number of halogens is 1. The predicted molar refractivity (Wildman–Crippen MR) is 97.2 cm³/mol.